The second-order valence-electron chi connectivity index (χ2n) is 5.82. The Hall–Kier alpha value is -2.25. The van der Waals surface area contributed by atoms with Crippen LogP contribution in [0.1, 0.15) is 18.4 Å². The van der Waals surface area contributed by atoms with E-state index in [1.807, 2.05) is 6.92 Å². The van der Waals surface area contributed by atoms with E-state index in [4.69, 9.17) is 0 Å². The molecule has 1 aromatic carbocycles. The van der Waals surface area contributed by atoms with Gasteiger partial charge < -0.3 is 5.32 Å². The van der Waals surface area contributed by atoms with Crippen LogP contribution in [0.4, 0.5) is 5.69 Å². The number of benzene rings is 1. The lowest BCUT2D eigenvalue weighted by Gasteiger charge is -2.23. The molecule has 1 N–H and O–H groups in total. The summed E-state index contributed by atoms with van der Waals surface area (Å²) in [7, 11) is -3.69. The predicted octanol–water partition coefficient (Wildman–Crippen LogP) is 2.18. The summed E-state index contributed by atoms with van der Waals surface area (Å²) in [6.07, 6.45) is 4.32. The number of aryl methyl sites for hydroxylation is 1. The summed E-state index contributed by atoms with van der Waals surface area (Å²) >= 11 is 0. The lowest BCUT2D eigenvalue weighted by atomic mass is 10.2. The van der Waals surface area contributed by atoms with Crippen molar-refractivity contribution in [3.63, 3.8) is 0 Å². The number of carbonyl (C=O) groups is 1. The summed E-state index contributed by atoms with van der Waals surface area (Å²) in [5.41, 5.74) is 1.54. The van der Waals surface area contributed by atoms with E-state index in [1.54, 1.807) is 42.6 Å². The molecule has 3 rings (SSSR count). The zero-order valence-corrected chi connectivity index (χ0v) is 14.2. The van der Waals surface area contributed by atoms with E-state index in [9.17, 15) is 13.2 Å². The van der Waals surface area contributed by atoms with Crippen LogP contribution in [0.2, 0.25) is 0 Å². The van der Waals surface area contributed by atoms with Crippen molar-refractivity contribution in [3.05, 3.63) is 54.4 Å². The third-order valence-corrected chi connectivity index (χ3v) is 5.99. The molecule has 0 bridgehead atoms. The number of anilines is 1. The number of pyridine rings is 1. The number of amides is 1. The first-order valence-corrected chi connectivity index (χ1v) is 9.22. The van der Waals surface area contributed by atoms with Crippen molar-refractivity contribution in [3.8, 4) is 0 Å². The highest BCUT2D eigenvalue weighted by Crippen LogP contribution is 2.27. The van der Waals surface area contributed by atoms with Gasteiger partial charge in [-0.3, -0.25) is 9.78 Å². The maximum Gasteiger partial charge on any atom is 0.243 e. The van der Waals surface area contributed by atoms with E-state index in [-0.39, 0.29) is 10.8 Å². The van der Waals surface area contributed by atoms with Crippen LogP contribution in [0, 0.1) is 6.92 Å². The number of sulfonamides is 1. The van der Waals surface area contributed by atoms with Gasteiger partial charge in [0.1, 0.15) is 6.04 Å². The largest absolute Gasteiger partial charge is 0.323 e. The summed E-state index contributed by atoms with van der Waals surface area (Å²) in [6, 6.07) is 9.42. The Morgan fingerprint density at radius 2 is 2.00 bits per heavy atom. The van der Waals surface area contributed by atoms with Gasteiger partial charge in [0.25, 0.3) is 0 Å². The second kappa shape index (κ2) is 6.70. The summed E-state index contributed by atoms with van der Waals surface area (Å²) < 4.78 is 27.0. The van der Waals surface area contributed by atoms with E-state index in [2.05, 4.69) is 10.3 Å². The third-order valence-electron chi connectivity index (χ3n) is 4.06. The summed E-state index contributed by atoms with van der Waals surface area (Å²) in [5.74, 6) is -0.323. The van der Waals surface area contributed by atoms with Gasteiger partial charge in [0.05, 0.1) is 16.8 Å². The first-order valence-electron chi connectivity index (χ1n) is 7.78. The highest BCUT2D eigenvalue weighted by molar-refractivity contribution is 7.89. The molecule has 0 saturated carbocycles. The smallest absolute Gasteiger partial charge is 0.243 e. The molecule has 1 aliphatic heterocycles. The molecule has 1 atom stereocenters. The average molecular weight is 345 g/mol. The Bertz CT molecular complexity index is 820. The fourth-order valence-electron chi connectivity index (χ4n) is 2.80. The van der Waals surface area contributed by atoms with Gasteiger partial charge in [0, 0.05) is 12.7 Å². The molecule has 0 aliphatic carbocycles. The van der Waals surface area contributed by atoms with Crippen LogP contribution >= 0.6 is 0 Å². The molecular weight excluding hydrogens is 326 g/mol. The molecule has 126 valence electrons. The summed E-state index contributed by atoms with van der Waals surface area (Å²) in [4.78, 5) is 16.7. The lowest BCUT2D eigenvalue weighted by Crippen LogP contribution is -2.43. The maximum atomic E-state index is 12.8. The van der Waals surface area contributed by atoms with Crippen molar-refractivity contribution in [2.24, 2.45) is 0 Å². The molecule has 24 heavy (non-hydrogen) atoms. The molecule has 0 radical (unpaired) electrons. The van der Waals surface area contributed by atoms with Crippen molar-refractivity contribution < 1.29 is 13.2 Å². The van der Waals surface area contributed by atoms with Gasteiger partial charge in [-0.25, -0.2) is 8.42 Å². The van der Waals surface area contributed by atoms with Crippen LogP contribution in [0.5, 0.6) is 0 Å². The fraction of sp³-hybridized carbons (Fsp3) is 0.294. The van der Waals surface area contributed by atoms with E-state index in [0.29, 0.717) is 25.1 Å². The van der Waals surface area contributed by atoms with Crippen molar-refractivity contribution in [2.45, 2.75) is 30.7 Å². The van der Waals surface area contributed by atoms with Crippen LogP contribution in [-0.4, -0.2) is 36.2 Å². The first kappa shape index (κ1) is 16.6. The number of hydrogen-bond donors (Lipinski definition) is 1. The molecule has 6 nitrogen and oxygen atoms in total. The number of hydrogen-bond acceptors (Lipinski definition) is 4. The minimum Gasteiger partial charge on any atom is -0.323 e. The molecule has 1 saturated heterocycles. The van der Waals surface area contributed by atoms with Gasteiger partial charge in [-0.05, 0) is 44.0 Å². The van der Waals surface area contributed by atoms with Crippen LogP contribution in [0.3, 0.4) is 0 Å². The van der Waals surface area contributed by atoms with E-state index >= 15 is 0 Å². The lowest BCUT2D eigenvalue weighted by molar-refractivity contribution is -0.119. The van der Waals surface area contributed by atoms with Crippen molar-refractivity contribution in [1.29, 1.82) is 0 Å². The number of rotatable bonds is 4. The summed E-state index contributed by atoms with van der Waals surface area (Å²) in [5, 5.41) is 2.74. The highest BCUT2D eigenvalue weighted by Gasteiger charge is 2.39. The topological polar surface area (TPSA) is 79.4 Å². The fourth-order valence-corrected chi connectivity index (χ4v) is 4.45. The number of nitrogens with one attached hydrogen (secondary N) is 1. The Labute approximate surface area is 141 Å². The number of carbonyl (C=O) groups excluding carboxylic acids is 1. The SMILES string of the molecule is Cc1ccc(S(=O)(=O)N2CCCC2C(=O)Nc2cccnc2)cc1. The van der Waals surface area contributed by atoms with Crippen LogP contribution < -0.4 is 5.32 Å². The molecule has 1 aliphatic rings. The monoisotopic (exact) mass is 345 g/mol. The van der Waals surface area contributed by atoms with Crippen LogP contribution in [0.15, 0.2) is 53.7 Å². The molecule has 2 aromatic rings. The highest BCUT2D eigenvalue weighted by atomic mass is 32.2. The van der Waals surface area contributed by atoms with E-state index in [0.717, 1.165) is 5.56 Å². The second-order valence-corrected chi connectivity index (χ2v) is 7.71. The molecule has 1 amide bonds. The summed E-state index contributed by atoms with van der Waals surface area (Å²) in [6.45, 7) is 2.25. The van der Waals surface area contributed by atoms with Crippen molar-refractivity contribution >= 4 is 21.6 Å². The number of nitrogens with zero attached hydrogens (tertiary/aromatic N) is 2. The van der Waals surface area contributed by atoms with Crippen molar-refractivity contribution in [1.82, 2.24) is 9.29 Å². The standard InChI is InChI=1S/C17H19N3O3S/c1-13-6-8-15(9-7-13)24(22,23)20-11-3-5-16(20)17(21)19-14-4-2-10-18-12-14/h2,4,6-10,12,16H,3,5,11H2,1H3,(H,19,21). The number of aromatic nitrogens is 1. The van der Waals surface area contributed by atoms with Gasteiger partial charge in [-0.15, -0.1) is 0 Å². The molecule has 7 heteroatoms. The average Bonchev–Trinajstić information content (AvgIpc) is 3.07. The molecule has 0 spiro atoms. The first-order chi connectivity index (χ1) is 11.5. The van der Waals surface area contributed by atoms with Crippen molar-refractivity contribution in [2.75, 3.05) is 11.9 Å². The molecule has 2 heterocycles. The van der Waals surface area contributed by atoms with Gasteiger partial charge in [0.15, 0.2) is 0 Å². The van der Waals surface area contributed by atoms with Gasteiger partial charge in [-0.1, -0.05) is 17.7 Å². The van der Waals surface area contributed by atoms with Crippen LogP contribution in [0.25, 0.3) is 0 Å². The quantitative estimate of drug-likeness (QED) is 0.921. The van der Waals surface area contributed by atoms with E-state index < -0.39 is 16.1 Å². The zero-order chi connectivity index (χ0) is 17.2. The van der Waals surface area contributed by atoms with Gasteiger partial charge in [-0.2, -0.15) is 4.31 Å². The molecule has 1 unspecified atom stereocenters. The Morgan fingerprint density at radius 3 is 2.67 bits per heavy atom. The maximum absolute atomic E-state index is 12.8. The third kappa shape index (κ3) is 3.32. The Morgan fingerprint density at radius 1 is 1.25 bits per heavy atom. The minimum atomic E-state index is -3.69. The molecule has 1 fully saturated rings. The molecular formula is C17H19N3O3S. The predicted molar refractivity (Wildman–Crippen MR) is 91.0 cm³/mol. The molecule has 1 aromatic heterocycles. The Balaban J connectivity index is 1.82. The minimum absolute atomic E-state index is 0.217. The Kier molecular flexibility index (Phi) is 4.64. The zero-order valence-electron chi connectivity index (χ0n) is 13.3. The normalized spacial score (nSPS) is 18.5. The van der Waals surface area contributed by atoms with Gasteiger partial charge in [0.2, 0.25) is 15.9 Å². The van der Waals surface area contributed by atoms with E-state index in [1.165, 1.54) is 10.5 Å². The van der Waals surface area contributed by atoms with Crippen LogP contribution in [-0.2, 0) is 14.8 Å². The van der Waals surface area contributed by atoms with Gasteiger partial charge >= 0.3 is 0 Å².